The highest BCUT2D eigenvalue weighted by molar-refractivity contribution is 5.93. The Morgan fingerprint density at radius 2 is 1.67 bits per heavy atom. The Bertz CT molecular complexity index is 479. The van der Waals surface area contributed by atoms with Crippen molar-refractivity contribution in [3.63, 3.8) is 0 Å². The van der Waals surface area contributed by atoms with Crippen LogP contribution in [0.1, 0.15) is 10.4 Å². The number of ether oxygens (including phenoxy) is 1. The van der Waals surface area contributed by atoms with Gasteiger partial charge in [-0.1, -0.05) is 0 Å². The van der Waals surface area contributed by atoms with E-state index in [0.29, 0.717) is 24.7 Å². The van der Waals surface area contributed by atoms with Crippen LogP contribution in [0.25, 0.3) is 0 Å². The summed E-state index contributed by atoms with van der Waals surface area (Å²) in [5.41, 5.74) is 0.566. The number of hydrogen-bond acceptors (Lipinski definition) is 6. The Kier molecular flexibility index (Phi) is 4.31. The van der Waals surface area contributed by atoms with E-state index in [1.54, 1.807) is 12.4 Å². The summed E-state index contributed by atoms with van der Waals surface area (Å²) in [7, 11) is 2.07. The molecule has 7 nitrogen and oxygen atoms in total. The van der Waals surface area contributed by atoms with E-state index in [4.69, 9.17) is 4.74 Å². The molecule has 0 spiro atoms. The van der Waals surface area contributed by atoms with Gasteiger partial charge >= 0.3 is 0 Å². The predicted molar refractivity (Wildman–Crippen MR) is 78.5 cm³/mol. The third-order valence-electron chi connectivity index (χ3n) is 3.97. The average molecular weight is 291 g/mol. The van der Waals surface area contributed by atoms with E-state index in [1.807, 2.05) is 4.90 Å². The Morgan fingerprint density at radius 1 is 1.05 bits per heavy atom. The molecule has 0 aromatic carbocycles. The molecule has 0 saturated carbocycles. The van der Waals surface area contributed by atoms with Gasteiger partial charge in [-0.2, -0.15) is 0 Å². The van der Waals surface area contributed by atoms with Crippen molar-refractivity contribution in [1.29, 1.82) is 0 Å². The molecule has 2 saturated heterocycles. The molecular formula is C14H21N5O2. The maximum Gasteiger partial charge on any atom is 0.257 e. The largest absolute Gasteiger partial charge is 0.378 e. The van der Waals surface area contributed by atoms with Gasteiger partial charge in [0, 0.05) is 51.7 Å². The summed E-state index contributed by atoms with van der Waals surface area (Å²) in [6.07, 6.45) is 3.27. The van der Waals surface area contributed by atoms with E-state index in [9.17, 15) is 4.79 Å². The Hall–Kier alpha value is -1.73. The summed E-state index contributed by atoms with van der Waals surface area (Å²) in [6, 6.07) is 0. The maximum absolute atomic E-state index is 12.4. The first-order valence-electron chi connectivity index (χ1n) is 7.36. The van der Waals surface area contributed by atoms with Crippen LogP contribution in [-0.2, 0) is 4.74 Å². The molecule has 1 amide bonds. The van der Waals surface area contributed by atoms with Gasteiger partial charge < -0.3 is 19.4 Å². The predicted octanol–water partition coefficient (Wildman–Crippen LogP) is -0.299. The number of aromatic nitrogens is 2. The molecule has 0 N–H and O–H groups in total. The Morgan fingerprint density at radius 3 is 2.29 bits per heavy atom. The fourth-order valence-electron chi connectivity index (χ4n) is 2.55. The molecule has 7 heteroatoms. The van der Waals surface area contributed by atoms with E-state index < -0.39 is 0 Å². The molecule has 1 aromatic rings. The Balaban J connectivity index is 1.64. The number of rotatable bonds is 2. The molecule has 0 radical (unpaired) electrons. The lowest BCUT2D eigenvalue weighted by molar-refractivity contribution is 0.0663. The topological polar surface area (TPSA) is 61.8 Å². The van der Waals surface area contributed by atoms with Crippen LogP contribution in [0.15, 0.2) is 12.4 Å². The zero-order valence-electron chi connectivity index (χ0n) is 12.4. The van der Waals surface area contributed by atoms with Crippen LogP contribution < -0.4 is 4.90 Å². The van der Waals surface area contributed by atoms with Gasteiger partial charge in [-0.05, 0) is 7.05 Å². The number of morpholine rings is 1. The minimum atomic E-state index is 0.0247. The summed E-state index contributed by atoms with van der Waals surface area (Å²) < 4.78 is 5.31. The number of likely N-dealkylation sites (N-methyl/N-ethyl adjacent to an activating group) is 1. The molecule has 2 aliphatic heterocycles. The molecule has 0 atom stereocenters. The molecule has 2 aliphatic rings. The SMILES string of the molecule is CN1CCN(C(=O)c2cnc(N3CCOCC3)nc2)CC1. The van der Waals surface area contributed by atoms with Gasteiger partial charge in [0.1, 0.15) is 0 Å². The van der Waals surface area contributed by atoms with Gasteiger partial charge in [-0.3, -0.25) is 4.79 Å². The smallest absolute Gasteiger partial charge is 0.257 e. The van der Waals surface area contributed by atoms with Crippen molar-refractivity contribution in [3.05, 3.63) is 18.0 Å². The second kappa shape index (κ2) is 6.36. The monoisotopic (exact) mass is 291 g/mol. The van der Waals surface area contributed by atoms with Crippen molar-refractivity contribution < 1.29 is 9.53 Å². The highest BCUT2D eigenvalue weighted by atomic mass is 16.5. The molecule has 0 unspecified atom stereocenters. The van der Waals surface area contributed by atoms with Crippen LogP contribution in [0.5, 0.6) is 0 Å². The fourth-order valence-corrected chi connectivity index (χ4v) is 2.55. The van der Waals surface area contributed by atoms with Crippen LogP contribution in [-0.4, -0.2) is 85.2 Å². The molecule has 1 aromatic heterocycles. The van der Waals surface area contributed by atoms with E-state index in [1.165, 1.54) is 0 Å². The standard InChI is InChI=1S/C14H21N5O2/c1-17-2-4-18(5-3-17)13(20)12-10-15-14(16-11-12)19-6-8-21-9-7-19/h10-11H,2-9H2,1H3. The number of nitrogens with zero attached hydrogens (tertiary/aromatic N) is 5. The minimum Gasteiger partial charge on any atom is -0.378 e. The van der Waals surface area contributed by atoms with Gasteiger partial charge in [0.2, 0.25) is 5.95 Å². The average Bonchev–Trinajstić information content (AvgIpc) is 2.56. The van der Waals surface area contributed by atoms with Crippen LogP contribution in [0.3, 0.4) is 0 Å². The number of hydrogen-bond donors (Lipinski definition) is 0. The summed E-state index contributed by atoms with van der Waals surface area (Å²) in [4.78, 5) is 27.2. The molecule has 2 fully saturated rings. The van der Waals surface area contributed by atoms with Crippen LogP contribution in [0.4, 0.5) is 5.95 Å². The molecule has 114 valence electrons. The lowest BCUT2D eigenvalue weighted by Gasteiger charge is -2.32. The van der Waals surface area contributed by atoms with Gasteiger partial charge in [-0.25, -0.2) is 9.97 Å². The first kappa shape index (κ1) is 14.2. The lowest BCUT2D eigenvalue weighted by Crippen LogP contribution is -2.47. The number of carbonyl (C=O) groups excluding carboxylic acids is 1. The zero-order valence-corrected chi connectivity index (χ0v) is 12.4. The van der Waals surface area contributed by atoms with E-state index in [2.05, 4.69) is 26.8 Å². The van der Waals surface area contributed by atoms with Gasteiger partial charge in [0.05, 0.1) is 18.8 Å². The second-order valence-electron chi connectivity index (χ2n) is 5.47. The number of carbonyl (C=O) groups is 1. The summed E-state index contributed by atoms with van der Waals surface area (Å²) >= 11 is 0. The molecule has 0 aliphatic carbocycles. The number of anilines is 1. The lowest BCUT2D eigenvalue weighted by atomic mass is 10.2. The van der Waals surface area contributed by atoms with Crippen molar-refractivity contribution in [2.45, 2.75) is 0 Å². The quantitative estimate of drug-likeness (QED) is 0.745. The first-order valence-corrected chi connectivity index (χ1v) is 7.36. The fraction of sp³-hybridized carbons (Fsp3) is 0.643. The normalized spacial score (nSPS) is 20.6. The van der Waals surface area contributed by atoms with Crippen LogP contribution in [0.2, 0.25) is 0 Å². The van der Waals surface area contributed by atoms with Crippen molar-refractivity contribution in [2.75, 3.05) is 64.4 Å². The third-order valence-corrected chi connectivity index (χ3v) is 3.97. The maximum atomic E-state index is 12.4. The molecule has 3 heterocycles. The highest BCUT2D eigenvalue weighted by Gasteiger charge is 2.21. The molecule has 0 bridgehead atoms. The van der Waals surface area contributed by atoms with Crippen LogP contribution >= 0.6 is 0 Å². The molecule has 21 heavy (non-hydrogen) atoms. The van der Waals surface area contributed by atoms with Crippen LogP contribution in [0, 0.1) is 0 Å². The number of amides is 1. The summed E-state index contributed by atoms with van der Waals surface area (Å²) in [6.45, 7) is 6.35. The van der Waals surface area contributed by atoms with Gasteiger partial charge in [0.15, 0.2) is 0 Å². The van der Waals surface area contributed by atoms with E-state index in [-0.39, 0.29) is 5.91 Å². The Labute approximate surface area is 124 Å². The van der Waals surface area contributed by atoms with Gasteiger partial charge in [-0.15, -0.1) is 0 Å². The zero-order chi connectivity index (χ0) is 14.7. The summed E-state index contributed by atoms with van der Waals surface area (Å²) in [5, 5.41) is 0. The van der Waals surface area contributed by atoms with Gasteiger partial charge in [0.25, 0.3) is 5.91 Å². The summed E-state index contributed by atoms with van der Waals surface area (Å²) in [5.74, 6) is 0.699. The van der Waals surface area contributed by atoms with Crippen molar-refractivity contribution in [3.8, 4) is 0 Å². The minimum absolute atomic E-state index is 0.0247. The molecular weight excluding hydrogens is 270 g/mol. The van der Waals surface area contributed by atoms with Crippen molar-refractivity contribution in [2.24, 2.45) is 0 Å². The third kappa shape index (κ3) is 3.30. The van der Waals surface area contributed by atoms with E-state index in [0.717, 1.165) is 39.3 Å². The highest BCUT2D eigenvalue weighted by Crippen LogP contribution is 2.11. The number of piperazine rings is 1. The first-order chi connectivity index (χ1) is 10.2. The van der Waals surface area contributed by atoms with Crippen molar-refractivity contribution in [1.82, 2.24) is 19.8 Å². The second-order valence-corrected chi connectivity index (χ2v) is 5.47. The molecule has 3 rings (SSSR count). The van der Waals surface area contributed by atoms with Crippen molar-refractivity contribution >= 4 is 11.9 Å². The van der Waals surface area contributed by atoms with E-state index >= 15 is 0 Å².